The fourth-order valence-corrected chi connectivity index (χ4v) is 1.57. The van der Waals surface area contributed by atoms with Crippen molar-refractivity contribution >= 4 is 28.8 Å². The number of amides is 1. The number of carbonyl (C=O) groups excluding carboxylic acids is 1. The molecule has 0 aliphatic rings. The SMILES string of the molecule is CC(C)OCCCNC(=O)C(=S)Nc1ccccc1. The van der Waals surface area contributed by atoms with E-state index in [1.54, 1.807) is 0 Å². The zero-order valence-electron chi connectivity index (χ0n) is 11.3. The van der Waals surface area contributed by atoms with Gasteiger partial charge in [-0.2, -0.15) is 0 Å². The second-order valence-electron chi connectivity index (χ2n) is 4.35. The maximum absolute atomic E-state index is 11.7. The Balaban J connectivity index is 2.20. The van der Waals surface area contributed by atoms with Crippen LogP contribution in [0, 0.1) is 0 Å². The molecule has 0 aliphatic carbocycles. The van der Waals surface area contributed by atoms with Crippen LogP contribution in [0.25, 0.3) is 0 Å². The van der Waals surface area contributed by atoms with E-state index in [4.69, 9.17) is 17.0 Å². The molecule has 1 aromatic carbocycles. The normalized spacial score (nSPS) is 10.3. The van der Waals surface area contributed by atoms with Gasteiger partial charge >= 0.3 is 0 Å². The minimum atomic E-state index is -0.261. The van der Waals surface area contributed by atoms with Gasteiger partial charge in [0.2, 0.25) is 0 Å². The molecule has 1 amide bonds. The van der Waals surface area contributed by atoms with E-state index in [2.05, 4.69) is 10.6 Å². The Labute approximate surface area is 119 Å². The van der Waals surface area contributed by atoms with Crippen LogP contribution in [0.2, 0.25) is 0 Å². The van der Waals surface area contributed by atoms with Gasteiger partial charge in [0, 0.05) is 18.8 Å². The molecule has 0 saturated heterocycles. The van der Waals surface area contributed by atoms with Gasteiger partial charge in [-0.15, -0.1) is 0 Å². The summed E-state index contributed by atoms with van der Waals surface area (Å²) in [4.78, 5) is 11.9. The van der Waals surface area contributed by atoms with Gasteiger partial charge in [0.15, 0.2) is 4.99 Å². The second kappa shape index (κ2) is 8.61. The van der Waals surface area contributed by atoms with Crippen LogP contribution in [-0.4, -0.2) is 30.2 Å². The summed E-state index contributed by atoms with van der Waals surface area (Å²) in [5.74, 6) is -0.261. The molecule has 0 radical (unpaired) electrons. The molecule has 0 heterocycles. The second-order valence-corrected chi connectivity index (χ2v) is 4.76. The monoisotopic (exact) mass is 280 g/mol. The van der Waals surface area contributed by atoms with Crippen molar-refractivity contribution in [2.45, 2.75) is 26.4 Å². The van der Waals surface area contributed by atoms with Crippen LogP contribution in [0.3, 0.4) is 0 Å². The Morgan fingerprint density at radius 2 is 2.00 bits per heavy atom. The molecule has 1 aromatic rings. The number of carbonyl (C=O) groups is 1. The fourth-order valence-electron chi connectivity index (χ4n) is 1.38. The fraction of sp³-hybridized carbons (Fsp3) is 0.429. The molecule has 19 heavy (non-hydrogen) atoms. The molecule has 1 rings (SSSR count). The Morgan fingerprint density at radius 1 is 1.32 bits per heavy atom. The highest BCUT2D eigenvalue weighted by molar-refractivity contribution is 7.82. The number of hydrogen-bond acceptors (Lipinski definition) is 3. The van der Waals surface area contributed by atoms with Gasteiger partial charge in [-0.3, -0.25) is 4.79 Å². The predicted octanol–water partition coefficient (Wildman–Crippen LogP) is 2.36. The highest BCUT2D eigenvalue weighted by Crippen LogP contribution is 2.04. The van der Waals surface area contributed by atoms with Crippen molar-refractivity contribution < 1.29 is 9.53 Å². The average Bonchev–Trinajstić information content (AvgIpc) is 2.38. The van der Waals surface area contributed by atoms with Crippen LogP contribution in [0.15, 0.2) is 30.3 Å². The van der Waals surface area contributed by atoms with Gasteiger partial charge in [-0.1, -0.05) is 30.4 Å². The number of hydrogen-bond donors (Lipinski definition) is 2. The highest BCUT2D eigenvalue weighted by atomic mass is 32.1. The van der Waals surface area contributed by atoms with Crippen molar-refractivity contribution in [2.75, 3.05) is 18.5 Å². The van der Waals surface area contributed by atoms with Crippen LogP contribution in [0.1, 0.15) is 20.3 Å². The molecule has 104 valence electrons. The average molecular weight is 280 g/mol. The van der Waals surface area contributed by atoms with Gasteiger partial charge in [0.1, 0.15) is 0 Å². The number of benzene rings is 1. The molecule has 0 spiro atoms. The van der Waals surface area contributed by atoms with Gasteiger partial charge in [-0.05, 0) is 32.4 Å². The zero-order chi connectivity index (χ0) is 14.1. The van der Waals surface area contributed by atoms with Gasteiger partial charge < -0.3 is 15.4 Å². The Hall–Kier alpha value is -1.46. The van der Waals surface area contributed by atoms with Crippen LogP contribution in [0.4, 0.5) is 5.69 Å². The van der Waals surface area contributed by atoms with E-state index < -0.39 is 0 Å². The number of thiocarbonyl (C=S) groups is 1. The molecule has 0 saturated carbocycles. The third-order valence-electron chi connectivity index (χ3n) is 2.30. The predicted molar refractivity (Wildman–Crippen MR) is 81.4 cm³/mol. The van der Waals surface area contributed by atoms with Crippen LogP contribution in [-0.2, 0) is 9.53 Å². The summed E-state index contributed by atoms with van der Waals surface area (Å²) in [7, 11) is 0. The number of nitrogens with one attached hydrogen (secondary N) is 2. The molecule has 0 aromatic heterocycles. The van der Waals surface area contributed by atoms with Crippen LogP contribution in [0.5, 0.6) is 0 Å². The number of para-hydroxylation sites is 1. The van der Waals surface area contributed by atoms with Gasteiger partial charge in [0.05, 0.1) is 6.10 Å². The number of anilines is 1. The third kappa shape index (κ3) is 6.88. The quantitative estimate of drug-likeness (QED) is 0.620. The van der Waals surface area contributed by atoms with E-state index in [0.29, 0.717) is 13.2 Å². The molecule has 0 fully saturated rings. The van der Waals surface area contributed by atoms with E-state index in [1.165, 1.54) is 0 Å². The van der Waals surface area contributed by atoms with Crippen molar-refractivity contribution in [1.82, 2.24) is 5.32 Å². The number of ether oxygens (including phenoxy) is 1. The Morgan fingerprint density at radius 3 is 2.63 bits per heavy atom. The molecule has 2 N–H and O–H groups in total. The summed E-state index contributed by atoms with van der Waals surface area (Å²) in [5.41, 5.74) is 0.811. The Bertz CT molecular complexity index is 407. The summed E-state index contributed by atoms with van der Waals surface area (Å²) in [5, 5.41) is 5.64. The van der Waals surface area contributed by atoms with Crippen molar-refractivity contribution in [1.29, 1.82) is 0 Å². The number of rotatable bonds is 6. The van der Waals surface area contributed by atoms with Crippen molar-refractivity contribution in [3.05, 3.63) is 30.3 Å². The van der Waals surface area contributed by atoms with Crippen molar-refractivity contribution in [3.8, 4) is 0 Å². The lowest BCUT2D eigenvalue weighted by molar-refractivity contribution is -0.114. The summed E-state index contributed by atoms with van der Waals surface area (Å²) >= 11 is 5.02. The molecule has 0 atom stereocenters. The first-order valence-electron chi connectivity index (χ1n) is 6.35. The lowest BCUT2D eigenvalue weighted by Gasteiger charge is -2.10. The van der Waals surface area contributed by atoms with E-state index >= 15 is 0 Å². The molecule has 0 bridgehead atoms. The highest BCUT2D eigenvalue weighted by Gasteiger charge is 2.08. The maximum atomic E-state index is 11.7. The third-order valence-corrected chi connectivity index (χ3v) is 2.58. The summed E-state index contributed by atoms with van der Waals surface area (Å²) in [6.07, 6.45) is 0.995. The first-order valence-corrected chi connectivity index (χ1v) is 6.76. The molecule has 4 nitrogen and oxygen atoms in total. The standard InChI is InChI=1S/C14H20N2O2S/c1-11(2)18-10-6-9-15-13(17)14(19)16-12-7-4-3-5-8-12/h3-5,7-8,11H,6,9-10H2,1-2H3,(H,15,17)(H,16,19). The zero-order valence-corrected chi connectivity index (χ0v) is 12.1. The van der Waals surface area contributed by atoms with Gasteiger partial charge in [-0.25, -0.2) is 0 Å². The molecular weight excluding hydrogens is 260 g/mol. The summed E-state index contributed by atoms with van der Waals surface area (Å²) in [6, 6.07) is 9.38. The van der Waals surface area contributed by atoms with Crippen LogP contribution < -0.4 is 10.6 Å². The minimum Gasteiger partial charge on any atom is -0.379 e. The first kappa shape index (κ1) is 15.6. The molecular formula is C14H20N2O2S. The largest absolute Gasteiger partial charge is 0.379 e. The molecule has 0 unspecified atom stereocenters. The summed E-state index contributed by atoms with van der Waals surface area (Å²) < 4.78 is 5.38. The first-order chi connectivity index (χ1) is 9.09. The van der Waals surface area contributed by atoms with Crippen LogP contribution >= 0.6 is 12.2 Å². The molecule has 0 aliphatic heterocycles. The van der Waals surface area contributed by atoms with E-state index in [0.717, 1.165) is 12.1 Å². The van der Waals surface area contributed by atoms with Crippen molar-refractivity contribution in [2.24, 2.45) is 0 Å². The van der Waals surface area contributed by atoms with E-state index in [1.807, 2.05) is 44.2 Å². The summed E-state index contributed by atoms with van der Waals surface area (Å²) in [6.45, 7) is 5.16. The molecule has 5 heteroatoms. The van der Waals surface area contributed by atoms with E-state index in [9.17, 15) is 4.79 Å². The smallest absolute Gasteiger partial charge is 0.279 e. The Kier molecular flexibility index (Phi) is 7.07. The maximum Gasteiger partial charge on any atom is 0.279 e. The van der Waals surface area contributed by atoms with Gasteiger partial charge in [0.25, 0.3) is 5.91 Å². The van der Waals surface area contributed by atoms with Crippen molar-refractivity contribution in [3.63, 3.8) is 0 Å². The van der Waals surface area contributed by atoms with E-state index in [-0.39, 0.29) is 17.0 Å². The lowest BCUT2D eigenvalue weighted by atomic mass is 10.3. The topological polar surface area (TPSA) is 50.4 Å². The lowest BCUT2D eigenvalue weighted by Crippen LogP contribution is -2.35. The minimum absolute atomic E-state index is 0.177.